The molecule has 0 fully saturated rings. The van der Waals surface area contributed by atoms with Gasteiger partial charge in [0, 0.05) is 6.07 Å². The Bertz CT molecular complexity index is 638. The zero-order valence-corrected chi connectivity index (χ0v) is 12.0. The fourth-order valence-corrected chi connectivity index (χ4v) is 1.88. The number of aryl methyl sites for hydroxylation is 1. The number of carbonyl (C=O) groups excluding carboxylic acids is 1. The number of anilines is 1. The van der Waals surface area contributed by atoms with Crippen LogP contribution in [0, 0.1) is 6.92 Å². The van der Waals surface area contributed by atoms with Crippen molar-refractivity contribution in [2.24, 2.45) is 5.73 Å². The minimum Gasteiger partial charge on any atom is -0.506 e. The van der Waals surface area contributed by atoms with Crippen molar-refractivity contribution >= 4 is 11.6 Å². The average molecular weight is 286 g/mol. The predicted molar refractivity (Wildman–Crippen MR) is 81.4 cm³/mol. The fourth-order valence-electron chi connectivity index (χ4n) is 1.88. The van der Waals surface area contributed by atoms with Gasteiger partial charge in [-0.25, -0.2) is 0 Å². The summed E-state index contributed by atoms with van der Waals surface area (Å²) >= 11 is 0. The maximum absolute atomic E-state index is 12.2. The van der Waals surface area contributed by atoms with Crippen LogP contribution >= 0.6 is 0 Å². The monoisotopic (exact) mass is 286 g/mol. The molecule has 5 heteroatoms. The van der Waals surface area contributed by atoms with E-state index in [2.05, 4.69) is 5.32 Å². The first kappa shape index (κ1) is 14.9. The summed E-state index contributed by atoms with van der Waals surface area (Å²) in [6.07, 6.45) is 0. The van der Waals surface area contributed by atoms with Crippen LogP contribution in [-0.4, -0.2) is 18.1 Å². The van der Waals surface area contributed by atoms with Crippen LogP contribution in [0.15, 0.2) is 42.5 Å². The number of carbonyl (C=O) groups is 1. The molecule has 0 heterocycles. The summed E-state index contributed by atoms with van der Waals surface area (Å²) in [4.78, 5) is 12.2. The van der Waals surface area contributed by atoms with E-state index in [0.29, 0.717) is 11.3 Å². The molecular formula is C16H18N2O3. The Hall–Kier alpha value is -2.53. The Kier molecular flexibility index (Phi) is 4.45. The Morgan fingerprint density at radius 3 is 2.52 bits per heavy atom. The van der Waals surface area contributed by atoms with Crippen molar-refractivity contribution in [3.8, 4) is 11.5 Å². The van der Waals surface area contributed by atoms with Gasteiger partial charge in [0.1, 0.15) is 17.5 Å². The molecule has 0 aliphatic heterocycles. The SMILES string of the molecule is COc1ccc(O)c(NC(=O)C(N)c2ccc(C)cc2)c1. The van der Waals surface area contributed by atoms with Crippen LogP contribution in [0.5, 0.6) is 11.5 Å². The molecule has 0 saturated carbocycles. The lowest BCUT2D eigenvalue weighted by molar-refractivity contribution is -0.117. The molecule has 1 amide bonds. The fraction of sp³-hybridized carbons (Fsp3) is 0.188. The van der Waals surface area contributed by atoms with Crippen LogP contribution in [0.2, 0.25) is 0 Å². The molecule has 1 unspecified atom stereocenters. The normalized spacial score (nSPS) is 11.8. The lowest BCUT2D eigenvalue weighted by Crippen LogP contribution is -2.27. The molecule has 0 aromatic heterocycles. The molecule has 2 aromatic rings. The first-order valence-electron chi connectivity index (χ1n) is 6.51. The van der Waals surface area contributed by atoms with E-state index in [1.54, 1.807) is 6.07 Å². The van der Waals surface area contributed by atoms with Gasteiger partial charge in [-0.15, -0.1) is 0 Å². The van der Waals surface area contributed by atoms with Crippen LogP contribution in [-0.2, 0) is 4.79 Å². The van der Waals surface area contributed by atoms with Gasteiger partial charge in [0.15, 0.2) is 0 Å². The van der Waals surface area contributed by atoms with Gasteiger partial charge in [0.2, 0.25) is 5.91 Å². The van der Waals surface area contributed by atoms with Crippen molar-refractivity contribution < 1.29 is 14.6 Å². The van der Waals surface area contributed by atoms with Crippen LogP contribution < -0.4 is 15.8 Å². The third kappa shape index (κ3) is 3.52. The second-order valence-corrected chi connectivity index (χ2v) is 4.76. The molecule has 4 N–H and O–H groups in total. The van der Waals surface area contributed by atoms with Gasteiger partial charge in [0.05, 0.1) is 12.8 Å². The zero-order chi connectivity index (χ0) is 15.4. The minimum absolute atomic E-state index is 0.0414. The van der Waals surface area contributed by atoms with E-state index in [1.165, 1.54) is 19.2 Å². The summed E-state index contributed by atoms with van der Waals surface area (Å²) in [6.45, 7) is 1.96. The first-order chi connectivity index (χ1) is 10.0. The quantitative estimate of drug-likeness (QED) is 0.753. The first-order valence-corrected chi connectivity index (χ1v) is 6.51. The van der Waals surface area contributed by atoms with Gasteiger partial charge < -0.3 is 20.9 Å². The van der Waals surface area contributed by atoms with Gasteiger partial charge in [0.25, 0.3) is 0 Å². The second-order valence-electron chi connectivity index (χ2n) is 4.76. The number of ether oxygens (including phenoxy) is 1. The zero-order valence-electron chi connectivity index (χ0n) is 12.0. The number of amides is 1. The molecule has 5 nitrogen and oxygen atoms in total. The Balaban J connectivity index is 2.15. The van der Waals surface area contributed by atoms with Crippen molar-refractivity contribution in [3.05, 3.63) is 53.6 Å². The number of nitrogens with two attached hydrogens (primary N) is 1. The molecule has 2 rings (SSSR count). The van der Waals surface area contributed by atoms with Gasteiger partial charge >= 0.3 is 0 Å². The van der Waals surface area contributed by atoms with E-state index in [4.69, 9.17) is 10.5 Å². The summed E-state index contributed by atoms with van der Waals surface area (Å²) in [5.41, 5.74) is 8.00. The van der Waals surface area contributed by atoms with Gasteiger partial charge in [-0.3, -0.25) is 4.79 Å². The average Bonchev–Trinajstić information content (AvgIpc) is 2.49. The molecule has 0 spiro atoms. The number of hydrogen-bond donors (Lipinski definition) is 3. The molecule has 0 radical (unpaired) electrons. The number of benzene rings is 2. The molecule has 0 aliphatic rings. The Labute approximate surface area is 123 Å². The third-order valence-electron chi connectivity index (χ3n) is 3.18. The number of nitrogens with one attached hydrogen (secondary N) is 1. The van der Waals surface area contributed by atoms with E-state index in [9.17, 15) is 9.90 Å². The predicted octanol–water partition coefficient (Wildman–Crippen LogP) is 2.35. The molecule has 2 aromatic carbocycles. The molecule has 21 heavy (non-hydrogen) atoms. The molecule has 0 bridgehead atoms. The summed E-state index contributed by atoms with van der Waals surface area (Å²) in [5.74, 6) is 0.0923. The largest absolute Gasteiger partial charge is 0.506 e. The van der Waals surface area contributed by atoms with Gasteiger partial charge in [-0.2, -0.15) is 0 Å². The minimum atomic E-state index is -0.809. The van der Waals surface area contributed by atoms with E-state index in [1.807, 2.05) is 31.2 Å². The molecule has 1 atom stereocenters. The highest BCUT2D eigenvalue weighted by atomic mass is 16.5. The van der Waals surface area contributed by atoms with E-state index >= 15 is 0 Å². The summed E-state index contributed by atoms with van der Waals surface area (Å²) in [5, 5.41) is 12.4. The summed E-state index contributed by atoms with van der Waals surface area (Å²) < 4.78 is 5.06. The number of methoxy groups -OCH3 is 1. The van der Waals surface area contributed by atoms with Crippen molar-refractivity contribution in [3.63, 3.8) is 0 Å². The van der Waals surface area contributed by atoms with Crippen LogP contribution in [0.25, 0.3) is 0 Å². The molecule has 110 valence electrons. The van der Waals surface area contributed by atoms with E-state index in [0.717, 1.165) is 5.56 Å². The highest BCUT2D eigenvalue weighted by Gasteiger charge is 2.17. The van der Waals surface area contributed by atoms with Crippen molar-refractivity contribution in [1.29, 1.82) is 0 Å². The van der Waals surface area contributed by atoms with Crippen LogP contribution in [0.4, 0.5) is 5.69 Å². The van der Waals surface area contributed by atoms with Crippen LogP contribution in [0.1, 0.15) is 17.2 Å². The highest BCUT2D eigenvalue weighted by molar-refractivity contribution is 5.96. The lowest BCUT2D eigenvalue weighted by atomic mass is 10.1. The molecule has 0 saturated heterocycles. The highest BCUT2D eigenvalue weighted by Crippen LogP contribution is 2.28. The number of phenolic OH excluding ortho intramolecular Hbond substituents is 1. The van der Waals surface area contributed by atoms with E-state index in [-0.39, 0.29) is 11.4 Å². The smallest absolute Gasteiger partial charge is 0.245 e. The van der Waals surface area contributed by atoms with Crippen molar-refractivity contribution in [1.82, 2.24) is 0 Å². The van der Waals surface area contributed by atoms with Crippen molar-refractivity contribution in [2.45, 2.75) is 13.0 Å². The van der Waals surface area contributed by atoms with E-state index < -0.39 is 11.9 Å². The molecule has 0 aliphatic carbocycles. The van der Waals surface area contributed by atoms with Crippen molar-refractivity contribution in [2.75, 3.05) is 12.4 Å². The number of hydrogen-bond acceptors (Lipinski definition) is 4. The lowest BCUT2D eigenvalue weighted by Gasteiger charge is -2.14. The Morgan fingerprint density at radius 1 is 1.24 bits per heavy atom. The van der Waals surface area contributed by atoms with Crippen LogP contribution in [0.3, 0.4) is 0 Å². The van der Waals surface area contributed by atoms with Gasteiger partial charge in [-0.05, 0) is 24.6 Å². The number of aromatic hydroxyl groups is 1. The van der Waals surface area contributed by atoms with Gasteiger partial charge in [-0.1, -0.05) is 29.8 Å². The second kappa shape index (κ2) is 6.28. The molecular weight excluding hydrogens is 268 g/mol. The number of rotatable bonds is 4. The third-order valence-corrected chi connectivity index (χ3v) is 3.18. The Morgan fingerprint density at radius 2 is 1.90 bits per heavy atom. The number of phenols is 1. The standard InChI is InChI=1S/C16H18N2O3/c1-10-3-5-11(6-4-10)15(17)16(20)18-13-9-12(21-2)7-8-14(13)19/h3-9,15,19H,17H2,1-2H3,(H,18,20). The summed E-state index contributed by atoms with van der Waals surface area (Å²) in [6, 6.07) is 11.2. The summed E-state index contributed by atoms with van der Waals surface area (Å²) in [7, 11) is 1.51. The topological polar surface area (TPSA) is 84.6 Å². The maximum Gasteiger partial charge on any atom is 0.245 e. The maximum atomic E-state index is 12.2.